The molecule has 2 aliphatic rings. The molecule has 0 bridgehead atoms. The minimum Gasteiger partial charge on any atom is -0.313 e. The minimum absolute atomic E-state index is 0.0183. The monoisotopic (exact) mass is 225 g/mol. The molecule has 0 aromatic carbocycles. The number of allylic oxidation sites excluding steroid dienone is 5. The molecule has 4 heteroatoms. The van der Waals surface area contributed by atoms with Gasteiger partial charge in [0.05, 0.1) is 0 Å². The fraction of sp³-hybridized carbons (Fsp3) is 0.417. The Bertz CT molecular complexity index is 421. The Labute approximate surface area is 92.9 Å². The fourth-order valence-electron chi connectivity index (χ4n) is 1.88. The topological polar surface area (TPSA) is 20.3 Å². The van der Waals surface area contributed by atoms with Crippen LogP contribution < -0.4 is 0 Å². The number of nitrogens with zero attached hydrogens (tertiary/aromatic N) is 1. The molecule has 1 saturated heterocycles. The Kier molecular flexibility index (Phi) is 2.90. The van der Waals surface area contributed by atoms with E-state index in [4.69, 9.17) is 0 Å². The lowest BCUT2D eigenvalue weighted by Crippen LogP contribution is -2.22. The van der Waals surface area contributed by atoms with Crippen LogP contribution in [0.1, 0.15) is 26.2 Å². The van der Waals surface area contributed by atoms with Crippen LogP contribution in [-0.2, 0) is 4.79 Å². The molecule has 2 nitrogen and oxygen atoms in total. The van der Waals surface area contributed by atoms with E-state index in [9.17, 15) is 13.6 Å². The maximum absolute atomic E-state index is 13.5. The molecule has 16 heavy (non-hydrogen) atoms. The average Bonchev–Trinajstić information content (AvgIpc) is 2.63. The van der Waals surface area contributed by atoms with E-state index < -0.39 is 11.7 Å². The summed E-state index contributed by atoms with van der Waals surface area (Å²) in [5.41, 5.74) is 0.505. The zero-order chi connectivity index (χ0) is 11.7. The van der Waals surface area contributed by atoms with Crippen molar-refractivity contribution in [1.82, 2.24) is 4.90 Å². The average molecular weight is 225 g/mol. The lowest BCUT2D eigenvalue weighted by atomic mass is 10.2. The van der Waals surface area contributed by atoms with E-state index in [1.807, 2.05) is 0 Å². The molecule has 2 rings (SSSR count). The van der Waals surface area contributed by atoms with Crippen molar-refractivity contribution in [2.45, 2.75) is 26.2 Å². The van der Waals surface area contributed by atoms with Crippen molar-refractivity contribution in [2.75, 3.05) is 6.54 Å². The summed E-state index contributed by atoms with van der Waals surface area (Å²) in [6, 6.07) is 0. The van der Waals surface area contributed by atoms with Gasteiger partial charge in [0.15, 0.2) is 0 Å². The molecule has 0 aromatic heterocycles. The summed E-state index contributed by atoms with van der Waals surface area (Å²) in [7, 11) is 0. The van der Waals surface area contributed by atoms with Gasteiger partial charge in [-0.2, -0.15) is 0 Å². The highest BCUT2D eigenvalue weighted by molar-refractivity contribution is 5.80. The molecule has 0 saturated carbocycles. The largest absolute Gasteiger partial charge is 0.313 e. The molecule has 0 radical (unpaired) electrons. The smallest absolute Gasteiger partial charge is 0.227 e. The summed E-state index contributed by atoms with van der Waals surface area (Å²) in [5, 5.41) is 0. The predicted molar refractivity (Wildman–Crippen MR) is 56.6 cm³/mol. The first-order chi connectivity index (χ1) is 7.59. The molecule has 0 atom stereocenters. The van der Waals surface area contributed by atoms with Crippen LogP contribution in [0.3, 0.4) is 0 Å². The van der Waals surface area contributed by atoms with E-state index in [1.54, 1.807) is 6.08 Å². The van der Waals surface area contributed by atoms with Crippen LogP contribution in [0.15, 0.2) is 35.1 Å². The van der Waals surface area contributed by atoms with E-state index in [-0.39, 0.29) is 17.9 Å². The predicted octanol–water partition coefficient (Wildman–Crippen LogP) is 2.99. The molecular formula is C12H13F2NO. The number of hydrogen-bond donors (Lipinski definition) is 0. The van der Waals surface area contributed by atoms with Crippen molar-refractivity contribution in [3.63, 3.8) is 0 Å². The third-order valence-corrected chi connectivity index (χ3v) is 2.92. The summed E-state index contributed by atoms with van der Waals surface area (Å²) in [5.74, 6) is -1.09. The van der Waals surface area contributed by atoms with E-state index in [0.29, 0.717) is 18.7 Å². The first-order valence-electron chi connectivity index (χ1n) is 5.33. The first kappa shape index (κ1) is 11.0. The van der Waals surface area contributed by atoms with Crippen molar-refractivity contribution < 1.29 is 13.6 Å². The number of halogens is 2. The number of likely N-dealkylation sites (tertiary alicyclic amines) is 1. The van der Waals surface area contributed by atoms with E-state index in [1.165, 1.54) is 17.9 Å². The summed E-state index contributed by atoms with van der Waals surface area (Å²) < 4.78 is 26.8. The summed E-state index contributed by atoms with van der Waals surface area (Å²) in [6.07, 6.45) is 4.12. The van der Waals surface area contributed by atoms with Crippen LogP contribution in [0.4, 0.5) is 8.78 Å². The van der Waals surface area contributed by atoms with Crippen molar-refractivity contribution in [3.05, 3.63) is 35.1 Å². The quantitative estimate of drug-likeness (QED) is 0.671. The van der Waals surface area contributed by atoms with Crippen LogP contribution in [0.25, 0.3) is 0 Å². The third kappa shape index (κ3) is 1.92. The maximum Gasteiger partial charge on any atom is 0.227 e. The fourth-order valence-corrected chi connectivity index (χ4v) is 1.88. The number of hydrogen-bond acceptors (Lipinski definition) is 1. The Balaban J connectivity index is 2.29. The van der Waals surface area contributed by atoms with Gasteiger partial charge in [0.2, 0.25) is 5.91 Å². The molecular weight excluding hydrogens is 212 g/mol. The van der Waals surface area contributed by atoms with Gasteiger partial charge < -0.3 is 4.90 Å². The van der Waals surface area contributed by atoms with E-state index >= 15 is 0 Å². The Morgan fingerprint density at radius 1 is 1.38 bits per heavy atom. The molecule has 0 aromatic rings. The van der Waals surface area contributed by atoms with Crippen molar-refractivity contribution in [2.24, 2.45) is 0 Å². The zero-order valence-corrected chi connectivity index (χ0v) is 9.09. The molecule has 86 valence electrons. The third-order valence-electron chi connectivity index (χ3n) is 2.92. The Morgan fingerprint density at radius 3 is 2.75 bits per heavy atom. The SMILES string of the molecule is CC1=C(F)CC=C(N2CCCC2=O)C=C1F. The zero-order valence-electron chi connectivity index (χ0n) is 9.09. The van der Waals surface area contributed by atoms with Crippen LogP contribution in [-0.4, -0.2) is 17.4 Å². The van der Waals surface area contributed by atoms with Crippen molar-refractivity contribution in [3.8, 4) is 0 Å². The summed E-state index contributed by atoms with van der Waals surface area (Å²) in [4.78, 5) is 13.0. The second kappa shape index (κ2) is 4.20. The van der Waals surface area contributed by atoms with E-state index in [2.05, 4.69) is 0 Å². The molecule has 0 spiro atoms. The van der Waals surface area contributed by atoms with Crippen molar-refractivity contribution >= 4 is 5.91 Å². The van der Waals surface area contributed by atoms with Gasteiger partial charge in [-0.1, -0.05) is 6.08 Å². The van der Waals surface area contributed by atoms with Gasteiger partial charge in [-0.05, 0) is 19.4 Å². The molecule has 0 N–H and O–H groups in total. The number of carbonyl (C=O) groups is 1. The number of amides is 1. The molecule has 1 amide bonds. The minimum atomic E-state index is -0.596. The summed E-state index contributed by atoms with van der Waals surface area (Å²) in [6.45, 7) is 2.00. The van der Waals surface area contributed by atoms with Gasteiger partial charge in [-0.15, -0.1) is 0 Å². The molecule has 1 heterocycles. The van der Waals surface area contributed by atoms with Crippen molar-refractivity contribution in [1.29, 1.82) is 0 Å². The Hall–Kier alpha value is -1.45. The van der Waals surface area contributed by atoms with Crippen LogP contribution in [0.5, 0.6) is 0 Å². The van der Waals surface area contributed by atoms with Gasteiger partial charge in [0, 0.05) is 30.7 Å². The molecule has 1 aliphatic carbocycles. The highest BCUT2D eigenvalue weighted by atomic mass is 19.1. The van der Waals surface area contributed by atoms with Crippen LogP contribution >= 0.6 is 0 Å². The second-order valence-electron chi connectivity index (χ2n) is 4.00. The lowest BCUT2D eigenvalue weighted by molar-refractivity contribution is -0.125. The second-order valence-corrected chi connectivity index (χ2v) is 4.00. The molecule has 1 aliphatic heterocycles. The molecule has 1 fully saturated rings. The summed E-state index contributed by atoms with van der Waals surface area (Å²) >= 11 is 0. The normalized spacial score (nSPS) is 22.2. The standard InChI is InChI=1S/C12H13F2NO/c1-8-10(13)5-4-9(7-11(8)14)15-6-2-3-12(15)16/h4,7H,2-3,5-6H2,1H3. The molecule has 0 unspecified atom stereocenters. The van der Waals surface area contributed by atoms with E-state index in [0.717, 1.165) is 6.42 Å². The number of carbonyl (C=O) groups excluding carboxylic acids is 1. The van der Waals surface area contributed by atoms with Gasteiger partial charge >= 0.3 is 0 Å². The number of rotatable bonds is 1. The Morgan fingerprint density at radius 2 is 2.12 bits per heavy atom. The maximum atomic E-state index is 13.5. The first-order valence-corrected chi connectivity index (χ1v) is 5.33. The van der Waals surface area contributed by atoms with Crippen LogP contribution in [0, 0.1) is 0 Å². The van der Waals surface area contributed by atoms with Gasteiger partial charge in [0.1, 0.15) is 11.7 Å². The van der Waals surface area contributed by atoms with Crippen LogP contribution in [0.2, 0.25) is 0 Å². The van der Waals surface area contributed by atoms with Gasteiger partial charge in [0.25, 0.3) is 0 Å². The highest BCUT2D eigenvalue weighted by Gasteiger charge is 2.24. The highest BCUT2D eigenvalue weighted by Crippen LogP contribution is 2.28. The van der Waals surface area contributed by atoms with Gasteiger partial charge in [-0.25, -0.2) is 8.78 Å². The van der Waals surface area contributed by atoms with Gasteiger partial charge in [-0.3, -0.25) is 4.79 Å². The lowest BCUT2D eigenvalue weighted by Gasteiger charge is -2.16.